The third-order valence-electron chi connectivity index (χ3n) is 6.13. The number of benzene rings is 3. The lowest BCUT2D eigenvalue weighted by atomic mass is 10.1. The molecule has 3 atom stereocenters. The first-order valence-corrected chi connectivity index (χ1v) is 13.9. The average molecular weight is 526 g/mol. The Kier molecular flexibility index (Phi) is 9.13. The Morgan fingerprint density at radius 2 is 1.51 bits per heavy atom. The van der Waals surface area contributed by atoms with Gasteiger partial charge in [0.05, 0.1) is 37.4 Å². The molecule has 1 aliphatic heterocycles. The Morgan fingerprint density at radius 3 is 2.08 bits per heavy atom. The van der Waals surface area contributed by atoms with E-state index < -0.39 is 34.1 Å². The van der Waals surface area contributed by atoms with Crippen molar-refractivity contribution >= 4 is 10.0 Å². The lowest BCUT2D eigenvalue weighted by Crippen LogP contribution is -2.53. The largest absolute Gasteiger partial charge is 0.375 e. The number of ether oxygens (including phenoxy) is 4. The third-order valence-corrected chi connectivity index (χ3v) is 7.63. The molecular weight excluding hydrogens is 490 g/mol. The maximum absolute atomic E-state index is 13.4. The molecule has 1 fully saturated rings. The lowest BCUT2D eigenvalue weighted by Gasteiger charge is -2.32. The maximum Gasteiger partial charge on any atom is 0.240 e. The van der Waals surface area contributed by atoms with Gasteiger partial charge in [0.2, 0.25) is 10.0 Å². The monoisotopic (exact) mass is 525 g/mol. The van der Waals surface area contributed by atoms with Crippen LogP contribution in [0.25, 0.3) is 0 Å². The molecule has 37 heavy (non-hydrogen) atoms. The van der Waals surface area contributed by atoms with Gasteiger partial charge in [-0.1, -0.05) is 78.4 Å². The van der Waals surface area contributed by atoms with Gasteiger partial charge in [0.15, 0.2) is 5.79 Å². The minimum Gasteiger partial charge on any atom is -0.375 e. The van der Waals surface area contributed by atoms with Crippen LogP contribution in [0.15, 0.2) is 89.8 Å². The molecule has 7 nitrogen and oxygen atoms in total. The number of nitrogens with one attached hydrogen (secondary N) is 1. The van der Waals surface area contributed by atoms with Crippen LogP contribution in [-0.2, 0) is 42.2 Å². The van der Waals surface area contributed by atoms with Gasteiger partial charge in [0.1, 0.15) is 12.2 Å². The second kappa shape index (κ2) is 12.3. The van der Waals surface area contributed by atoms with Crippen LogP contribution in [0.1, 0.15) is 30.5 Å². The van der Waals surface area contributed by atoms with E-state index in [0.717, 1.165) is 16.7 Å². The van der Waals surface area contributed by atoms with Crippen molar-refractivity contribution in [3.05, 3.63) is 102 Å². The zero-order valence-electron chi connectivity index (χ0n) is 21.5. The number of sulfonamides is 1. The van der Waals surface area contributed by atoms with Crippen molar-refractivity contribution in [3.8, 4) is 0 Å². The first-order chi connectivity index (χ1) is 17.7. The molecule has 3 aromatic carbocycles. The molecular formula is C29H35NO6S. The molecule has 4 rings (SSSR count). The van der Waals surface area contributed by atoms with Gasteiger partial charge in [-0.25, -0.2) is 13.1 Å². The first kappa shape index (κ1) is 27.4. The number of aryl methyl sites for hydroxylation is 1. The number of hydrogen-bond donors (Lipinski definition) is 1. The molecule has 0 spiro atoms. The highest BCUT2D eigenvalue weighted by Gasteiger charge is 2.42. The van der Waals surface area contributed by atoms with Crippen LogP contribution < -0.4 is 4.72 Å². The smallest absolute Gasteiger partial charge is 0.240 e. The van der Waals surface area contributed by atoms with Crippen molar-refractivity contribution in [1.82, 2.24) is 4.72 Å². The Hall–Kier alpha value is -2.59. The molecule has 0 aromatic heterocycles. The summed E-state index contributed by atoms with van der Waals surface area (Å²) in [6, 6.07) is 25.5. The van der Waals surface area contributed by atoms with Crippen LogP contribution in [-0.4, -0.2) is 45.7 Å². The second-order valence-corrected chi connectivity index (χ2v) is 11.4. The molecule has 0 unspecified atom stereocenters. The summed E-state index contributed by atoms with van der Waals surface area (Å²) in [4.78, 5) is 0.178. The molecule has 1 saturated heterocycles. The summed E-state index contributed by atoms with van der Waals surface area (Å²) in [5, 5.41) is 0. The minimum atomic E-state index is -3.86. The zero-order valence-corrected chi connectivity index (χ0v) is 22.3. The van der Waals surface area contributed by atoms with Crippen molar-refractivity contribution in [3.63, 3.8) is 0 Å². The molecule has 1 heterocycles. The van der Waals surface area contributed by atoms with E-state index in [0.29, 0.717) is 6.61 Å². The van der Waals surface area contributed by atoms with Crippen LogP contribution in [0.4, 0.5) is 0 Å². The molecule has 8 heteroatoms. The molecule has 1 N–H and O–H groups in total. The number of rotatable bonds is 12. The van der Waals surface area contributed by atoms with E-state index in [2.05, 4.69) is 4.72 Å². The van der Waals surface area contributed by atoms with E-state index >= 15 is 0 Å². The van der Waals surface area contributed by atoms with Gasteiger partial charge < -0.3 is 18.9 Å². The van der Waals surface area contributed by atoms with Crippen molar-refractivity contribution in [2.24, 2.45) is 0 Å². The Balaban J connectivity index is 1.59. The first-order valence-electron chi connectivity index (χ1n) is 12.4. The van der Waals surface area contributed by atoms with E-state index in [9.17, 15) is 8.42 Å². The fraction of sp³-hybridized carbons (Fsp3) is 0.379. The Bertz CT molecular complexity index is 1220. The van der Waals surface area contributed by atoms with Gasteiger partial charge in [-0.2, -0.15) is 0 Å². The summed E-state index contributed by atoms with van der Waals surface area (Å²) < 4.78 is 54.0. The number of hydrogen-bond acceptors (Lipinski definition) is 6. The summed E-state index contributed by atoms with van der Waals surface area (Å²) in [6.07, 6.45) is -1.16. The maximum atomic E-state index is 13.4. The molecule has 1 aliphatic rings. The van der Waals surface area contributed by atoms with E-state index in [1.807, 2.05) is 81.4 Å². The lowest BCUT2D eigenvalue weighted by molar-refractivity contribution is -0.163. The SMILES string of the molecule is Cc1ccc(S(=O)(=O)N[C@H](COCc2ccccc2)[C@@H](OCc2ccccc2)[C@@H]2COC(C)(C)O2)cc1. The fourth-order valence-electron chi connectivity index (χ4n) is 4.19. The van der Waals surface area contributed by atoms with Crippen LogP contribution in [0.2, 0.25) is 0 Å². The van der Waals surface area contributed by atoms with E-state index in [1.54, 1.807) is 24.3 Å². The van der Waals surface area contributed by atoms with Gasteiger partial charge in [0, 0.05) is 0 Å². The third kappa shape index (κ3) is 7.95. The standard InChI is InChI=1S/C29H35NO6S/c1-22-14-16-25(17-15-22)37(31,32)30-26(20-33-18-23-10-6-4-7-11-23)28(27-21-35-29(2,3)36-27)34-19-24-12-8-5-9-13-24/h4-17,26-28,30H,18-21H2,1-3H3/t26-,27+,28-/m1/s1. The molecule has 0 radical (unpaired) electrons. The highest BCUT2D eigenvalue weighted by molar-refractivity contribution is 7.89. The van der Waals surface area contributed by atoms with Crippen LogP contribution in [0.3, 0.4) is 0 Å². The highest BCUT2D eigenvalue weighted by Crippen LogP contribution is 2.28. The quantitative estimate of drug-likeness (QED) is 0.372. The molecule has 0 bridgehead atoms. The van der Waals surface area contributed by atoms with Crippen LogP contribution in [0, 0.1) is 6.92 Å². The van der Waals surface area contributed by atoms with Crippen molar-refractivity contribution < 1.29 is 27.4 Å². The van der Waals surface area contributed by atoms with Gasteiger partial charge in [-0.3, -0.25) is 0 Å². The molecule has 0 amide bonds. The van der Waals surface area contributed by atoms with Crippen LogP contribution >= 0.6 is 0 Å². The van der Waals surface area contributed by atoms with E-state index in [4.69, 9.17) is 18.9 Å². The summed E-state index contributed by atoms with van der Waals surface area (Å²) in [7, 11) is -3.86. The normalized spacial score (nSPS) is 18.9. The predicted molar refractivity (Wildman–Crippen MR) is 141 cm³/mol. The van der Waals surface area contributed by atoms with Crippen molar-refractivity contribution in [2.45, 2.75) is 62.9 Å². The Morgan fingerprint density at radius 1 is 0.919 bits per heavy atom. The highest BCUT2D eigenvalue weighted by atomic mass is 32.2. The van der Waals surface area contributed by atoms with Crippen molar-refractivity contribution in [1.29, 1.82) is 0 Å². The Labute approximate surface area is 219 Å². The van der Waals surface area contributed by atoms with E-state index in [1.165, 1.54) is 0 Å². The van der Waals surface area contributed by atoms with Gasteiger partial charge in [-0.15, -0.1) is 0 Å². The van der Waals surface area contributed by atoms with Gasteiger partial charge in [0.25, 0.3) is 0 Å². The van der Waals surface area contributed by atoms with Gasteiger partial charge in [-0.05, 0) is 44.0 Å². The second-order valence-electron chi connectivity index (χ2n) is 9.67. The fourth-order valence-corrected chi connectivity index (χ4v) is 5.42. The summed E-state index contributed by atoms with van der Waals surface area (Å²) in [5.74, 6) is -0.801. The zero-order chi connectivity index (χ0) is 26.3. The molecule has 3 aromatic rings. The van der Waals surface area contributed by atoms with E-state index in [-0.39, 0.29) is 24.7 Å². The molecule has 198 valence electrons. The predicted octanol–water partition coefficient (Wildman–Crippen LogP) is 4.60. The van der Waals surface area contributed by atoms with Gasteiger partial charge >= 0.3 is 0 Å². The molecule has 0 saturated carbocycles. The average Bonchev–Trinajstić information content (AvgIpc) is 3.24. The summed E-state index contributed by atoms with van der Waals surface area (Å²) >= 11 is 0. The minimum absolute atomic E-state index is 0.0831. The van der Waals surface area contributed by atoms with Crippen LogP contribution in [0.5, 0.6) is 0 Å². The summed E-state index contributed by atoms with van der Waals surface area (Å²) in [5.41, 5.74) is 2.94. The summed E-state index contributed by atoms with van der Waals surface area (Å²) in [6.45, 7) is 6.55. The molecule has 0 aliphatic carbocycles. The van der Waals surface area contributed by atoms with Crippen molar-refractivity contribution in [2.75, 3.05) is 13.2 Å². The topological polar surface area (TPSA) is 83.1 Å².